The van der Waals surface area contributed by atoms with E-state index in [1.54, 1.807) is 0 Å². The first-order chi connectivity index (χ1) is 14.5. The fourth-order valence-corrected chi connectivity index (χ4v) is 2.72. The van der Waals surface area contributed by atoms with Gasteiger partial charge in [-0.25, -0.2) is 0 Å². The summed E-state index contributed by atoms with van der Waals surface area (Å²) in [5.41, 5.74) is 2.29. The van der Waals surface area contributed by atoms with Gasteiger partial charge in [0.2, 0.25) is 0 Å². The lowest BCUT2D eigenvalue weighted by Gasteiger charge is -2.13. The first-order valence-corrected chi connectivity index (χ1v) is 10.5. The molecular weight excluding hydrogens is 384 g/mol. The van der Waals surface area contributed by atoms with Crippen molar-refractivity contribution in [2.75, 3.05) is 26.4 Å². The standard InChI is InChI=1S/2C12H18O3/c2*1-2-5-10-6-3-4-7-12(10)15-9-11(14)8-13/h2*3-4,6-7,11,13-14H,2,5,8-9H2,1H3/t2*11-/m11/s1. The van der Waals surface area contributed by atoms with E-state index in [4.69, 9.17) is 29.9 Å². The van der Waals surface area contributed by atoms with Gasteiger partial charge >= 0.3 is 0 Å². The van der Waals surface area contributed by atoms with E-state index in [9.17, 15) is 0 Å². The molecule has 168 valence electrons. The van der Waals surface area contributed by atoms with E-state index in [-0.39, 0.29) is 26.4 Å². The molecular formula is C24H36O6. The molecule has 2 aromatic carbocycles. The molecule has 0 amide bonds. The van der Waals surface area contributed by atoms with Crippen molar-refractivity contribution in [1.29, 1.82) is 0 Å². The van der Waals surface area contributed by atoms with Crippen LogP contribution in [0, 0.1) is 0 Å². The van der Waals surface area contributed by atoms with Gasteiger partial charge in [0, 0.05) is 0 Å². The summed E-state index contributed by atoms with van der Waals surface area (Å²) < 4.78 is 10.9. The summed E-state index contributed by atoms with van der Waals surface area (Å²) in [6.07, 6.45) is 2.43. The zero-order valence-corrected chi connectivity index (χ0v) is 18.0. The van der Waals surface area contributed by atoms with Crippen molar-refractivity contribution in [3.8, 4) is 11.5 Å². The predicted octanol–water partition coefficient (Wildman–Crippen LogP) is 2.74. The van der Waals surface area contributed by atoms with Crippen LogP contribution in [-0.2, 0) is 12.8 Å². The molecule has 0 heterocycles. The van der Waals surface area contributed by atoms with Crippen molar-refractivity contribution < 1.29 is 29.9 Å². The van der Waals surface area contributed by atoms with Gasteiger partial charge in [-0.3, -0.25) is 0 Å². The lowest BCUT2D eigenvalue weighted by molar-refractivity contribution is 0.0533. The molecule has 2 aromatic rings. The molecule has 0 saturated carbocycles. The van der Waals surface area contributed by atoms with Crippen molar-refractivity contribution in [3.05, 3.63) is 59.7 Å². The second-order valence-electron chi connectivity index (χ2n) is 7.01. The van der Waals surface area contributed by atoms with Crippen LogP contribution in [0.5, 0.6) is 11.5 Å². The van der Waals surface area contributed by atoms with Crippen LogP contribution in [0.15, 0.2) is 48.5 Å². The summed E-state index contributed by atoms with van der Waals surface area (Å²) >= 11 is 0. The van der Waals surface area contributed by atoms with Gasteiger partial charge in [-0.05, 0) is 36.1 Å². The number of ether oxygens (including phenoxy) is 2. The van der Waals surface area contributed by atoms with Gasteiger partial charge in [-0.2, -0.15) is 0 Å². The number of benzene rings is 2. The highest BCUT2D eigenvalue weighted by Gasteiger charge is 2.07. The first-order valence-electron chi connectivity index (χ1n) is 10.5. The number of hydrogen-bond acceptors (Lipinski definition) is 6. The summed E-state index contributed by atoms with van der Waals surface area (Å²) in [6.45, 7) is 3.96. The number of hydrogen-bond donors (Lipinski definition) is 4. The third kappa shape index (κ3) is 10.1. The molecule has 2 rings (SSSR count). The molecule has 30 heavy (non-hydrogen) atoms. The Labute approximate surface area is 179 Å². The summed E-state index contributed by atoms with van der Waals surface area (Å²) in [7, 11) is 0. The molecule has 0 aromatic heterocycles. The van der Waals surface area contributed by atoms with Crippen LogP contribution >= 0.6 is 0 Å². The Morgan fingerprint density at radius 2 is 1.03 bits per heavy atom. The number of aryl methyl sites for hydroxylation is 2. The second kappa shape index (κ2) is 15.7. The van der Waals surface area contributed by atoms with Crippen LogP contribution in [0.25, 0.3) is 0 Å². The molecule has 0 spiro atoms. The predicted molar refractivity (Wildman–Crippen MR) is 118 cm³/mol. The monoisotopic (exact) mass is 420 g/mol. The molecule has 0 fully saturated rings. The van der Waals surface area contributed by atoms with Crippen LogP contribution < -0.4 is 9.47 Å². The van der Waals surface area contributed by atoms with Gasteiger partial charge in [-0.1, -0.05) is 63.1 Å². The number of aliphatic hydroxyl groups is 4. The molecule has 4 N–H and O–H groups in total. The lowest BCUT2D eigenvalue weighted by atomic mass is 10.1. The van der Waals surface area contributed by atoms with Crippen LogP contribution in [0.4, 0.5) is 0 Å². The van der Waals surface area contributed by atoms with Crippen LogP contribution in [0.2, 0.25) is 0 Å². The molecule has 6 nitrogen and oxygen atoms in total. The lowest BCUT2D eigenvalue weighted by Crippen LogP contribution is -2.21. The minimum Gasteiger partial charge on any atom is -0.491 e. The Morgan fingerprint density at radius 1 is 0.667 bits per heavy atom. The van der Waals surface area contributed by atoms with Gasteiger partial charge < -0.3 is 29.9 Å². The first kappa shape index (κ1) is 25.9. The Morgan fingerprint density at radius 3 is 1.37 bits per heavy atom. The van der Waals surface area contributed by atoms with Gasteiger partial charge in [-0.15, -0.1) is 0 Å². The van der Waals surface area contributed by atoms with E-state index < -0.39 is 12.2 Å². The zero-order valence-electron chi connectivity index (χ0n) is 18.0. The number of rotatable bonds is 12. The fourth-order valence-electron chi connectivity index (χ4n) is 2.72. The minimum absolute atomic E-state index is 0.136. The summed E-state index contributed by atoms with van der Waals surface area (Å²) in [5, 5.41) is 35.6. The average molecular weight is 421 g/mol. The normalized spacial score (nSPS) is 12.5. The molecule has 0 saturated heterocycles. The third-order valence-corrected chi connectivity index (χ3v) is 4.27. The van der Waals surface area contributed by atoms with Crippen molar-refractivity contribution in [3.63, 3.8) is 0 Å². The molecule has 0 aliphatic rings. The SMILES string of the molecule is CCCc1ccccc1OC[C@H](O)CO.CCCc1ccccc1OC[C@H](O)CO. The number of para-hydroxylation sites is 2. The molecule has 0 aliphatic carbocycles. The van der Waals surface area contributed by atoms with Gasteiger partial charge in [0.15, 0.2) is 0 Å². The largest absolute Gasteiger partial charge is 0.491 e. The van der Waals surface area contributed by atoms with Gasteiger partial charge in [0.05, 0.1) is 13.2 Å². The smallest absolute Gasteiger partial charge is 0.122 e. The van der Waals surface area contributed by atoms with Crippen molar-refractivity contribution in [1.82, 2.24) is 0 Å². The van der Waals surface area contributed by atoms with Crippen LogP contribution in [0.3, 0.4) is 0 Å². The van der Waals surface area contributed by atoms with E-state index in [0.717, 1.165) is 48.3 Å². The quantitative estimate of drug-likeness (QED) is 0.421. The van der Waals surface area contributed by atoms with E-state index in [1.165, 1.54) is 0 Å². The van der Waals surface area contributed by atoms with E-state index in [2.05, 4.69) is 13.8 Å². The second-order valence-corrected chi connectivity index (χ2v) is 7.01. The third-order valence-electron chi connectivity index (χ3n) is 4.27. The van der Waals surface area contributed by atoms with Crippen molar-refractivity contribution in [2.24, 2.45) is 0 Å². The Bertz CT molecular complexity index is 631. The molecule has 0 unspecified atom stereocenters. The molecule has 0 aliphatic heterocycles. The summed E-state index contributed by atoms with van der Waals surface area (Å²) in [5.74, 6) is 1.60. The Kier molecular flexibility index (Phi) is 13.5. The topological polar surface area (TPSA) is 99.4 Å². The maximum atomic E-state index is 9.17. The molecule has 6 heteroatoms. The fraction of sp³-hybridized carbons (Fsp3) is 0.500. The van der Waals surface area contributed by atoms with Crippen molar-refractivity contribution in [2.45, 2.75) is 51.7 Å². The maximum absolute atomic E-state index is 9.17. The molecule has 0 radical (unpaired) electrons. The maximum Gasteiger partial charge on any atom is 0.122 e. The highest BCUT2D eigenvalue weighted by atomic mass is 16.5. The van der Waals surface area contributed by atoms with Crippen LogP contribution in [0.1, 0.15) is 37.8 Å². The summed E-state index contributed by atoms with van der Waals surface area (Å²) in [6, 6.07) is 15.6. The minimum atomic E-state index is -0.806. The Balaban J connectivity index is 0.000000300. The molecule has 2 atom stereocenters. The highest BCUT2D eigenvalue weighted by molar-refractivity contribution is 5.34. The van der Waals surface area contributed by atoms with E-state index in [0.29, 0.717) is 0 Å². The highest BCUT2D eigenvalue weighted by Crippen LogP contribution is 2.20. The molecule has 0 bridgehead atoms. The summed E-state index contributed by atoms with van der Waals surface area (Å²) in [4.78, 5) is 0. The van der Waals surface area contributed by atoms with Crippen LogP contribution in [-0.4, -0.2) is 59.1 Å². The van der Waals surface area contributed by atoms with Gasteiger partial charge in [0.25, 0.3) is 0 Å². The zero-order chi connectivity index (χ0) is 22.2. The van der Waals surface area contributed by atoms with Crippen molar-refractivity contribution >= 4 is 0 Å². The van der Waals surface area contributed by atoms with E-state index in [1.807, 2.05) is 48.5 Å². The Hall–Kier alpha value is -2.12. The van der Waals surface area contributed by atoms with Gasteiger partial charge in [0.1, 0.15) is 36.9 Å². The average Bonchev–Trinajstić information content (AvgIpc) is 2.78. The number of aliphatic hydroxyl groups excluding tert-OH is 4. The van der Waals surface area contributed by atoms with E-state index >= 15 is 0 Å².